The van der Waals surface area contributed by atoms with Crippen LogP contribution in [0.5, 0.6) is 0 Å². The van der Waals surface area contributed by atoms with Crippen LogP contribution in [0.15, 0.2) is 48.8 Å². The fourth-order valence-electron chi connectivity index (χ4n) is 2.89. The molecule has 5 heteroatoms. The molecule has 1 unspecified atom stereocenters. The minimum Gasteiger partial charge on any atom is -0.445 e. The Kier molecular flexibility index (Phi) is 3.86. The summed E-state index contributed by atoms with van der Waals surface area (Å²) in [5.74, 6) is -0.665. The number of carbonyl (C=O) groups excluding carboxylic acids is 2. The molecule has 0 radical (unpaired) electrons. The Morgan fingerprint density at radius 1 is 1.30 bits per heavy atom. The minimum atomic E-state index is -1.18. The average molecular weight is 310 g/mol. The Labute approximate surface area is 134 Å². The Hall–Kier alpha value is -2.69. The zero-order valence-electron chi connectivity index (χ0n) is 13.2. The van der Waals surface area contributed by atoms with Crippen LogP contribution >= 0.6 is 0 Å². The highest BCUT2D eigenvalue weighted by molar-refractivity contribution is 5.97. The van der Waals surface area contributed by atoms with Crippen LogP contribution in [0.1, 0.15) is 28.4 Å². The van der Waals surface area contributed by atoms with E-state index in [1.165, 1.54) is 0 Å². The van der Waals surface area contributed by atoms with E-state index in [0.29, 0.717) is 18.5 Å². The molecule has 1 amide bonds. The van der Waals surface area contributed by atoms with Gasteiger partial charge < -0.3 is 9.64 Å². The quantitative estimate of drug-likeness (QED) is 0.816. The van der Waals surface area contributed by atoms with Crippen LogP contribution in [0.4, 0.5) is 0 Å². The number of ether oxygens (including phenoxy) is 1. The number of aromatic nitrogens is 1. The molecule has 1 aliphatic heterocycles. The van der Waals surface area contributed by atoms with Crippen molar-refractivity contribution in [3.05, 3.63) is 65.5 Å². The first-order chi connectivity index (χ1) is 11.0. The van der Waals surface area contributed by atoms with Gasteiger partial charge in [-0.25, -0.2) is 4.79 Å². The maximum atomic E-state index is 12.8. The Morgan fingerprint density at radius 3 is 2.83 bits per heavy atom. The van der Waals surface area contributed by atoms with Gasteiger partial charge in [0.1, 0.15) is 0 Å². The molecule has 118 valence electrons. The number of pyridine rings is 1. The minimum absolute atomic E-state index is 0.218. The first kappa shape index (κ1) is 15.2. The first-order valence-corrected chi connectivity index (χ1v) is 7.45. The van der Waals surface area contributed by atoms with E-state index in [4.69, 9.17) is 4.74 Å². The Balaban J connectivity index is 1.80. The van der Waals surface area contributed by atoms with Gasteiger partial charge in [0.25, 0.3) is 5.91 Å². The fraction of sp³-hybridized carbons (Fsp3) is 0.278. The number of likely N-dealkylation sites (N-methyl/N-ethyl adjacent to an activating group) is 1. The first-order valence-electron chi connectivity index (χ1n) is 7.45. The Bertz CT molecular complexity index is 745. The van der Waals surface area contributed by atoms with Crippen LogP contribution in [0.25, 0.3) is 0 Å². The second kappa shape index (κ2) is 5.83. The predicted octanol–water partition coefficient (Wildman–Crippen LogP) is 2.21. The lowest BCUT2D eigenvalue weighted by atomic mass is 9.89. The molecule has 1 aliphatic rings. The summed E-state index contributed by atoms with van der Waals surface area (Å²) >= 11 is 0. The van der Waals surface area contributed by atoms with E-state index in [1.54, 1.807) is 43.4 Å². The van der Waals surface area contributed by atoms with Gasteiger partial charge in [0.15, 0.2) is 5.60 Å². The van der Waals surface area contributed by atoms with Crippen molar-refractivity contribution in [2.45, 2.75) is 25.5 Å². The molecule has 0 saturated heterocycles. The van der Waals surface area contributed by atoms with Crippen LogP contribution in [0.2, 0.25) is 0 Å². The molecule has 0 saturated carbocycles. The van der Waals surface area contributed by atoms with E-state index in [-0.39, 0.29) is 5.91 Å². The van der Waals surface area contributed by atoms with Crippen LogP contribution in [-0.2, 0) is 22.5 Å². The van der Waals surface area contributed by atoms with Crippen molar-refractivity contribution in [3.63, 3.8) is 0 Å². The number of hydrogen-bond donors (Lipinski definition) is 0. The zero-order valence-corrected chi connectivity index (χ0v) is 13.2. The number of hydrogen-bond acceptors (Lipinski definition) is 4. The molecule has 2 aromatic rings. The van der Waals surface area contributed by atoms with E-state index >= 15 is 0 Å². The molecule has 1 atom stereocenters. The molecule has 0 N–H and O–H groups in total. The van der Waals surface area contributed by atoms with Crippen molar-refractivity contribution in [1.82, 2.24) is 9.88 Å². The average Bonchev–Trinajstić information content (AvgIpc) is 2.55. The summed E-state index contributed by atoms with van der Waals surface area (Å²) in [6, 6.07) is 11.0. The molecule has 0 fully saturated rings. The van der Waals surface area contributed by atoms with Gasteiger partial charge in [-0.05, 0) is 30.2 Å². The van der Waals surface area contributed by atoms with Crippen molar-refractivity contribution < 1.29 is 14.3 Å². The number of rotatable bonds is 3. The third-order valence-electron chi connectivity index (χ3n) is 4.02. The smallest absolute Gasteiger partial charge is 0.339 e. The maximum absolute atomic E-state index is 12.8. The molecule has 5 nitrogen and oxygen atoms in total. The van der Waals surface area contributed by atoms with Gasteiger partial charge in [-0.2, -0.15) is 0 Å². The predicted molar refractivity (Wildman–Crippen MR) is 84.7 cm³/mol. The van der Waals surface area contributed by atoms with E-state index in [9.17, 15) is 9.59 Å². The number of amides is 1. The highest BCUT2D eigenvalue weighted by atomic mass is 16.6. The van der Waals surface area contributed by atoms with Gasteiger partial charge in [-0.3, -0.25) is 9.78 Å². The number of nitrogens with zero attached hydrogens (tertiary/aromatic N) is 2. The highest BCUT2D eigenvalue weighted by Crippen LogP contribution is 2.29. The normalized spacial score (nSPS) is 19.7. The number of cyclic esters (lactones) is 1. The molecule has 0 aliphatic carbocycles. The van der Waals surface area contributed by atoms with Crippen molar-refractivity contribution in [2.75, 3.05) is 7.05 Å². The molecular weight excluding hydrogens is 292 g/mol. The highest BCUT2D eigenvalue weighted by Gasteiger charge is 2.44. The number of carbonyl (C=O) groups is 2. The summed E-state index contributed by atoms with van der Waals surface area (Å²) in [4.78, 5) is 30.6. The summed E-state index contributed by atoms with van der Waals surface area (Å²) in [6.45, 7) is 2.09. The second-order valence-corrected chi connectivity index (χ2v) is 5.98. The molecule has 3 rings (SSSR count). The van der Waals surface area contributed by atoms with Crippen molar-refractivity contribution in [1.29, 1.82) is 0 Å². The van der Waals surface area contributed by atoms with Gasteiger partial charge in [-0.1, -0.05) is 24.3 Å². The van der Waals surface area contributed by atoms with E-state index in [1.807, 2.05) is 24.3 Å². The van der Waals surface area contributed by atoms with Crippen molar-refractivity contribution in [2.24, 2.45) is 0 Å². The van der Waals surface area contributed by atoms with Crippen LogP contribution < -0.4 is 0 Å². The molecule has 1 aromatic heterocycles. The number of esters is 1. The second-order valence-electron chi connectivity index (χ2n) is 5.98. The van der Waals surface area contributed by atoms with Gasteiger partial charge in [0.2, 0.25) is 0 Å². The maximum Gasteiger partial charge on any atom is 0.339 e. The topological polar surface area (TPSA) is 59.5 Å². The van der Waals surface area contributed by atoms with Gasteiger partial charge in [-0.15, -0.1) is 0 Å². The summed E-state index contributed by atoms with van der Waals surface area (Å²) in [5, 5.41) is 0. The van der Waals surface area contributed by atoms with Crippen LogP contribution in [0, 0.1) is 0 Å². The summed E-state index contributed by atoms with van der Waals surface area (Å²) in [6.07, 6.45) is 3.78. The lowest BCUT2D eigenvalue weighted by Gasteiger charge is -2.35. The van der Waals surface area contributed by atoms with Crippen molar-refractivity contribution >= 4 is 11.9 Å². The third kappa shape index (κ3) is 2.95. The van der Waals surface area contributed by atoms with Gasteiger partial charge >= 0.3 is 5.97 Å². The van der Waals surface area contributed by atoms with Crippen molar-refractivity contribution in [3.8, 4) is 0 Å². The van der Waals surface area contributed by atoms with E-state index in [0.717, 1.165) is 11.1 Å². The third-order valence-corrected chi connectivity index (χ3v) is 4.02. The monoisotopic (exact) mass is 310 g/mol. The summed E-state index contributed by atoms with van der Waals surface area (Å²) in [5.41, 5.74) is 1.12. The van der Waals surface area contributed by atoms with Crippen LogP contribution in [-0.4, -0.2) is 34.4 Å². The SMILES string of the molecule is CN(Cc1cccnc1)C(=O)C1(C)Cc2ccccc2C(=O)O1. The van der Waals surface area contributed by atoms with E-state index < -0.39 is 11.6 Å². The molecule has 0 bridgehead atoms. The Morgan fingerprint density at radius 2 is 2.09 bits per heavy atom. The number of benzene rings is 1. The summed E-state index contributed by atoms with van der Waals surface area (Å²) in [7, 11) is 1.70. The summed E-state index contributed by atoms with van der Waals surface area (Å²) < 4.78 is 5.48. The van der Waals surface area contributed by atoms with Gasteiger partial charge in [0, 0.05) is 32.4 Å². The van der Waals surface area contributed by atoms with E-state index in [2.05, 4.69) is 4.98 Å². The lowest BCUT2D eigenvalue weighted by molar-refractivity contribution is -0.150. The molecule has 0 spiro atoms. The molecule has 23 heavy (non-hydrogen) atoms. The standard InChI is InChI=1S/C18H18N2O3/c1-18(10-14-7-3-4-8-15(14)16(21)23-18)17(22)20(2)12-13-6-5-9-19-11-13/h3-9,11H,10,12H2,1-2H3. The van der Waals surface area contributed by atoms with Crippen LogP contribution in [0.3, 0.4) is 0 Å². The number of fused-ring (bicyclic) bond motifs is 1. The van der Waals surface area contributed by atoms with Gasteiger partial charge in [0.05, 0.1) is 5.56 Å². The largest absolute Gasteiger partial charge is 0.445 e. The lowest BCUT2D eigenvalue weighted by Crippen LogP contribution is -2.51. The molecule has 1 aromatic carbocycles. The fourth-order valence-corrected chi connectivity index (χ4v) is 2.89. The molecular formula is C18H18N2O3. The molecule has 2 heterocycles. The zero-order chi connectivity index (χ0) is 16.4.